The van der Waals surface area contributed by atoms with Crippen molar-refractivity contribution in [2.45, 2.75) is 39.7 Å². The predicted molar refractivity (Wildman–Crippen MR) is 94.1 cm³/mol. The van der Waals surface area contributed by atoms with E-state index < -0.39 is 11.7 Å². The van der Waals surface area contributed by atoms with Crippen molar-refractivity contribution in [2.24, 2.45) is 0 Å². The smallest absolute Gasteiger partial charge is 0.254 e. The first-order chi connectivity index (χ1) is 11.3. The molecule has 3 nitrogen and oxygen atoms in total. The second-order valence-electron chi connectivity index (χ2n) is 6.28. The summed E-state index contributed by atoms with van der Waals surface area (Å²) in [7, 11) is 1.66. The lowest BCUT2D eigenvalue weighted by atomic mass is 9.93. The summed E-state index contributed by atoms with van der Waals surface area (Å²) in [5, 5.41) is 2.88. The van der Waals surface area contributed by atoms with E-state index in [0.29, 0.717) is 5.92 Å². The van der Waals surface area contributed by atoms with Gasteiger partial charge in [-0.1, -0.05) is 26.0 Å². The maximum Gasteiger partial charge on any atom is 0.254 e. The number of carbonyl (C=O) groups excluding carboxylic acids is 1. The molecule has 1 atom stereocenters. The molecule has 1 amide bonds. The number of ether oxygens (including phenoxy) is 1. The van der Waals surface area contributed by atoms with Crippen LogP contribution in [0.25, 0.3) is 0 Å². The molecule has 0 bridgehead atoms. The van der Waals surface area contributed by atoms with Gasteiger partial charge in [-0.2, -0.15) is 0 Å². The monoisotopic (exact) mass is 329 g/mol. The molecule has 2 rings (SSSR count). The van der Waals surface area contributed by atoms with Gasteiger partial charge in [-0.3, -0.25) is 4.79 Å². The van der Waals surface area contributed by atoms with Crippen molar-refractivity contribution in [1.29, 1.82) is 0 Å². The number of aryl methyl sites for hydroxylation is 1. The van der Waals surface area contributed by atoms with E-state index in [9.17, 15) is 9.18 Å². The predicted octanol–water partition coefficient (Wildman–Crippen LogP) is 4.76. The van der Waals surface area contributed by atoms with Crippen molar-refractivity contribution in [1.82, 2.24) is 5.32 Å². The molecule has 0 saturated heterocycles. The average molecular weight is 329 g/mol. The Morgan fingerprint density at radius 3 is 2.38 bits per heavy atom. The van der Waals surface area contributed by atoms with Crippen LogP contribution in [-0.2, 0) is 0 Å². The molecule has 2 aromatic rings. The fourth-order valence-corrected chi connectivity index (χ4v) is 2.81. The van der Waals surface area contributed by atoms with Crippen LogP contribution >= 0.6 is 0 Å². The van der Waals surface area contributed by atoms with Gasteiger partial charge in [-0.05, 0) is 60.7 Å². The van der Waals surface area contributed by atoms with Crippen LogP contribution in [0.4, 0.5) is 4.39 Å². The lowest BCUT2D eigenvalue weighted by Crippen LogP contribution is -2.28. The third-order valence-electron chi connectivity index (χ3n) is 4.17. The van der Waals surface area contributed by atoms with Crippen LogP contribution in [0.1, 0.15) is 59.8 Å². The Morgan fingerprint density at radius 1 is 1.12 bits per heavy atom. The maximum absolute atomic E-state index is 13.8. The molecule has 0 spiro atoms. The van der Waals surface area contributed by atoms with Gasteiger partial charge in [0.1, 0.15) is 11.6 Å². The van der Waals surface area contributed by atoms with Gasteiger partial charge in [0.25, 0.3) is 5.91 Å². The minimum atomic E-state index is -0.517. The number of nitrogens with one attached hydrogen (secondary N) is 1. The average Bonchev–Trinajstić information content (AvgIpc) is 2.54. The fraction of sp³-hybridized carbons (Fsp3) is 0.350. The lowest BCUT2D eigenvalue weighted by Gasteiger charge is -2.21. The van der Waals surface area contributed by atoms with E-state index in [0.717, 1.165) is 22.4 Å². The second kappa shape index (κ2) is 7.47. The number of rotatable bonds is 5. The zero-order chi connectivity index (χ0) is 17.9. The standard InChI is InChI=1S/C20H24FNO2/c1-12(2)16-11-17(13(3)10-19(16)24-5)14(4)22-20(23)15-8-6-7-9-18(15)21/h6-12,14H,1-5H3,(H,22,23). The van der Waals surface area contributed by atoms with Gasteiger partial charge >= 0.3 is 0 Å². The molecule has 1 unspecified atom stereocenters. The Morgan fingerprint density at radius 2 is 1.79 bits per heavy atom. The van der Waals surface area contributed by atoms with Gasteiger partial charge < -0.3 is 10.1 Å². The van der Waals surface area contributed by atoms with E-state index in [1.807, 2.05) is 19.9 Å². The molecule has 0 aliphatic rings. The number of hydrogen-bond donors (Lipinski definition) is 1. The van der Waals surface area contributed by atoms with Crippen molar-refractivity contribution in [3.05, 3.63) is 64.5 Å². The van der Waals surface area contributed by atoms with Crippen LogP contribution in [0.3, 0.4) is 0 Å². The third-order valence-corrected chi connectivity index (χ3v) is 4.17. The van der Waals surface area contributed by atoms with Crippen molar-refractivity contribution < 1.29 is 13.9 Å². The highest BCUT2D eigenvalue weighted by atomic mass is 19.1. The summed E-state index contributed by atoms with van der Waals surface area (Å²) in [6.07, 6.45) is 0. The molecule has 2 aromatic carbocycles. The molecule has 24 heavy (non-hydrogen) atoms. The summed E-state index contributed by atoms with van der Waals surface area (Å²) in [6, 6.07) is 9.80. The Labute approximate surface area is 142 Å². The molecule has 0 heterocycles. The van der Waals surface area contributed by atoms with E-state index in [2.05, 4.69) is 25.2 Å². The van der Waals surface area contributed by atoms with Crippen LogP contribution in [0, 0.1) is 12.7 Å². The number of benzene rings is 2. The van der Waals surface area contributed by atoms with Gasteiger partial charge in [-0.15, -0.1) is 0 Å². The molecular formula is C20H24FNO2. The summed E-state index contributed by atoms with van der Waals surface area (Å²) in [5.74, 6) is 0.214. The topological polar surface area (TPSA) is 38.3 Å². The SMILES string of the molecule is COc1cc(C)c(C(C)NC(=O)c2ccccc2F)cc1C(C)C. The van der Waals surface area contributed by atoms with Crippen LogP contribution in [0.5, 0.6) is 5.75 Å². The third kappa shape index (κ3) is 3.75. The first-order valence-electron chi connectivity index (χ1n) is 8.09. The van der Waals surface area contributed by atoms with Gasteiger partial charge in [0.15, 0.2) is 0 Å². The molecular weight excluding hydrogens is 305 g/mol. The van der Waals surface area contributed by atoms with E-state index in [1.54, 1.807) is 19.2 Å². The van der Waals surface area contributed by atoms with Gasteiger partial charge in [-0.25, -0.2) is 4.39 Å². The number of amides is 1. The quantitative estimate of drug-likeness (QED) is 0.859. The lowest BCUT2D eigenvalue weighted by molar-refractivity contribution is 0.0935. The molecule has 0 fully saturated rings. The molecule has 0 aliphatic heterocycles. The Bertz CT molecular complexity index is 740. The zero-order valence-electron chi connectivity index (χ0n) is 14.8. The molecule has 0 aliphatic carbocycles. The summed E-state index contributed by atoms with van der Waals surface area (Å²) < 4.78 is 19.2. The minimum absolute atomic E-state index is 0.0552. The fourth-order valence-electron chi connectivity index (χ4n) is 2.81. The van der Waals surface area contributed by atoms with Gasteiger partial charge in [0.2, 0.25) is 0 Å². The minimum Gasteiger partial charge on any atom is -0.496 e. The number of hydrogen-bond acceptors (Lipinski definition) is 2. The molecule has 128 valence electrons. The van der Waals surface area contributed by atoms with Crippen molar-refractivity contribution >= 4 is 5.91 Å². The largest absolute Gasteiger partial charge is 0.496 e. The highest BCUT2D eigenvalue weighted by Gasteiger charge is 2.18. The Kier molecular flexibility index (Phi) is 5.60. The van der Waals surface area contributed by atoms with Crippen molar-refractivity contribution in [2.75, 3.05) is 7.11 Å². The first-order valence-corrected chi connectivity index (χ1v) is 8.09. The van der Waals surface area contributed by atoms with E-state index >= 15 is 0 Å². The van der Waals surface area contributed by atoms with E-state index in [4.69, 9.17) is 4.74 Å². The summed E-state index contributed by atoms with van der Waals surface area (Å²) >= 11 is 0. The zero-order valence-corrected chi connectivity index (χ0v) is 14.8. The maximum atomic E-state index is 13.8. The summed E-state index contributed by atoms with van der Waals surface area (Å²) in [6.45, 7) is 8.07. The highest BCUT2D eigenvalue weighted by Crippen LogP contribution is 2.32. The van der Waals surface area contributed by atoms with E-state index in [-0.39, 0.29) is 11.6 Å². The van der Waals surface area contributed by atoms with Crippen molar-refractivity contribution in [3.63, 3.8) is 0 Å². The Balaban J connectivity index is 2.29. The summed E-state index contributed by atoms with van der Waals surface area (Å²) in [5.41, 5.74) is 3.17. The molecule has 4 heteroatoms. The van der Waals surface area contributed by atoms with Gasteiger partial charge in [0, 0.05) is 0 Å². The highest BCUT2D eigenvalue weighted by molar-refractivity contribution is 5.94. The van der Waals surface area contributed by atoms with Crippen LogP contribution in [0.2, 0.25) is 0 Å². The van der Waals surface area contributed by atoms with Crippen LogP contribution < -0.4 is 10.1 Å². The molecule has 0 radical (unpaired) electrons. The van der Waals surface area contributed by atoms with Crippen LogP contribution in [-0.4, -0.2) is 13.0 Å². The first kappa shape index (κ1) is 18.0. The van der Waals surface area contributed by atoms with Gasteiger partial charge in [0.05, 0.1) is 18.7 Å². The number of methoxy groups -OCH3 is 1. The Hall–Kier alpha value is -2.36. The van der Waals surface area contributed by atoms with Crippen LogP contribution in [0.15, 0.2) is 36.4 Å². The number of carbonyl (C=O) groups is 1. The molecule has 0 saturated carbocycles. The normalized spacial score (nSPS) is 12.1. The molecule has 1 N–H and O–H groups in total. The number of halogens is 1. The van der Waals surface area contributed by atoms with Crippen molar-refractivity contribution in [3.8, 4) is 5.75 Å². The molecule has 0 aromatic heterocycles. The summed E-state index contributed by atoms with van der Waals surface area (Å²) in [4.78, 5) is 12.3. The van der Waals surface area contributed by atoms with E-state index in [1.165, 1.54) is 12.1 Å². The second-order valence-corrected chi connectivity index (χ2v) is 6.28.